The second-order valence-corrected chi connectivity index (χ2v) is 6.32. The van der Waals surface area contributed by atoms with Gasteiger partial charge in [-0.05, 0) is 44.5 Å². The number of carbonyl (C=O) groups is 1. The van der Waals surface area contributed by atoms with Gasteiger partial charge in [-0.1, -0.05) is 0 Å². The number of anilines is 2. The lowest BCUT2D eigenvalue weighted by Crippen LogP contribution is -2.32. The Morgan fingerprint density at radius 2 is 2.05 bits per heavy atom. The minimum Gasteiger partial charge on any atom is -0.325 e. The Kier molecular flexibility index (Phi) is 4.90. The van der Waals surface area contributed by atoms with Crippen LogP contribution in [0.4, 0.5) is 11.4 Å². The van der Waals surface area contributed by atoms with Crippen LogP contribution in [0, 0.1) is 6.92 Å². The van der Waals surface area contributed by atoms with E-state index in [2.05, 4.69) is 10.0 Å². The van der Waals surface area contributed by atoms with Gasteiger partial charge in [-0.25, -0.2) is 8.42 Å². The van der Waals surface area contributed by atoms with E-state index in [1.165, 1.54) is 0 Å². The van der Waals surface area contributed by atoms with Crippen molar-refractivity contribution < 1.29 is 13.2 Å². The highest BCUT2D eigenvalue weighted by molar-refractivity contribution is 7.92. The summed E-state index contributed by atoms with van der Waals surface area (Å²) >= 11 is 0. The van der Waals surface area contributed by atoms with E-state index in [9.17, 15) is 13.2 Å². The lowest BCUT2D eigenvalue weighted by molar-refractivity contribution is -0.117. The van der Waals surface area contributed by atoms with Crippen LogP contribution in [-0.2, 0) is 14.8 Å². The van der Waals surface area contributed by atoms with Crippen LogP contribution in [-0.4, -0.2) is 26.1 Å². The lowest BCUT2D eigenvalue weighted by atomic mass is 10.2. The van der Waals surface area contributed by atoms with E-state index < -0.39 is 16.1 Å². The molecular formula is C12H19N3O3S. The number of sulfonamides is 1. The van der Waals surface area contributed by atoms with Crippen LogP contribution in [0.1, 0.15) is 19.4 Å². The van der Waals surface area contributed by atoms with E-state index in [0.717, 1.165) is 5.56 Å². The van der Waals surface area contributed by atoms with Gasteiger partial charge in [0.25, 0.3) is 0 Å². The molecule has 6 nitrogen and oxygen atoms in total. The van der Waals surface area contributed by atoms with Gasteiger partial charge in [-0.3, -0.25) is 9.52 Å². The zero-order chi connectivity index (χ0) is 14.6. The van der Waals surface area contributed by atoms with Crippen LogP contribution in [0.2, 0.25) is 0 Å². The van der Waals surface area contributed by atoms with Crippen LogP contribution in [0.25, 0.3) is 0 Å². The summed E-state index contributed by atoms with van der Waals surface area (Å²) in [6.07, 6.45) is 0. The van der Waals surface area contributed by atoms with E-state index in [4.69, 9.17) is 5.73 Å². The van der Waals surface area contributed by atoms with E-state index in [0.29, 0.717) is 11.4 Å². The van der Waals surface area contributed by atoms with Crippen molar-refractivity contribution >= 4 is 27.3 Å². The van der Waals surface area contributed by atoms with Gasteiger partial charge in [0.1, 0.15) is 0 Å². The summed E-state index contributed by atoms with van der Waals surface area (Å²) in [6.45, 7) is 4.91. The summed E-state index contributed by atoms with van der Waals surface area (Å²) < 4.78 is 25.4. The molecule has 0 heterocycles. The zero-order valence-electron chi connectivity index (χ0n) is 11.2. The lowest BCUT2D eigenvalue weighted by Gasteiger charge is -2.12. The molecule has 0 unspecified atom stereocenters. The average Bonchev–Trinajstić information content (AvgIpc) is 2.32. The monoisotopic (exact) mass is 285 g/mol. The maximum Gasteiger partial charge on any atom is 0.240 e. The first-order valence-corrected chi connectivity index (χ1v) is 7.58. The van der Waals surface area contributed by atoms with Crippen molar-refractivity contribution in [2.24, 2.45) is 5.73 Å². The minimum absolute atomic E-state index is 0.00954. The summed E-state index contributed by atoms with van der Waals surface area (Å²) in [4.78, 5) is 11.4. The number of amides is 1. The summed E-state index contributed by atoms with van der Waals surface area (Å²) in [5, 5.41) is 2.65. The van der Waals surface area contributed by atoms with Crippen molar-refractivity contribution in [3.05, 3.63) is 23.8 Å². The quantitative estimate of drug-likeness (QED) is 0.752. The third kappa shape index (κ3) is 4.53. The Morgan fingerprint density at radius 3 is 2.53 bits per heavy atom. The second kappa shape index (κ2) is 6.03. The molecule has 1 atom stereocenters. The number of nitrogens with two attached hydrogens (primary N) is 1. The highest BCUT2D eigenvalue weighted by Gasteiger charge is 2.11. The Hall–Kier alpha value is -1.60. The van der Waals surface area contributed by atoms with E-state index in [1.54, 1.807) is 39.0 Å². The van der Waals surface area contributed by atoms with Crippen molar-refractivity contribution in [2.45, 2.75) is 26.8 Å². The molecular weight excluding hydrogens is 266 g/mol. The summed E-state index contributed by atoms with van der Waals surface area (Å²) in [5.41, 5.74) is 7.25. The van der Waals surface area contributed by atoms with Crippen LogP contribution in [0.15, 0.2) is 18.2 Å². The molecule has 106 valence electrons. The molecule has 0 aliphatic heterocycles. The Morgan fingerprint density at radius 1 is 1.42 bits per heavy atom. The molecule has 0 aromatic heterocycles. The van der Waals surface area contributed by atoms with Crippen LogP contribution in [0.5, 0.6) is 0 Å². The van der Waals surface area contributed by atoms with Gasteiger partial charge >= 0.3 is 0 Å². The molecule has 0 aliphatic carbocycles. The molecule has 0 bridgehead atoms. The van der Waals surface area contributed by atoms with Crippen molar-refractivity contribution in [2.75, 3.05) is 15.8 Å². The van der Waals surface area contributed by atoms with Gasteiger partial charge in [-0.15, -0.1) is 0 Å². The Balaban J connectivity index is 2.89. The Labute approximate surface area is 113 Å². The SMILES string of the molecule is CCS(=O)(=O)Nc1ccc(NC(=O)[C@H](C)N)cc1C. The second-order valence-electron chi connectivity index (χ2n) is 4.31. The fourth-order valence-electron chi connectivity index (χ4n) is 1.35. The molecule has 19 heavy (non-hydrogen) atoms. The molecule has 0 aliphatic rings. The predicted octanol–water partition coefficient (Wildman–Crippen LogP) is 1.04. The number of nitrogens with one attached hydrogen (secondary N) is 2. The number of carbonyl (C=O) groups excluding carboxylic acids is 1. The molecule has 7 heteroatoms. The smallest absolute Gasteiger partial charge is 0.240 e. The molecule has 1 rings (SSSR count). The van der Waals surface area contributed by atoms with Crippen molar-refractivity contribution in [1.29, 1.82) is 0 Å². The van der Waals surface area contributed by atoms with Gasteiger partial charge in [0.15, 0.2) is 0 Å². The molecule has 1 amide bonds. The molecule has 0 radical (unpaired) electrons. The molecule has 0 fully saturated rings. The number of benzene rings is 1. The molecule has 4 N–H and O–H groups in total. The normalized spacial score (nSPS) is 12.8. The highest BCUT2D eigenvalue weighted by Crippen LogP contribution is 2.20. The molecule has 0 saturated carbocycles. The predicted molar refractivity (Wildman–Crippen MR) is 76.5 cm³/mol. The first kappa shape index (κ1) is 15.5. The number of aryl methyl sites for hydroxylation is 1. The maximum atomic E-state index is 11.5. The summed E-state index contributed by atoms with van der Waals surface area (Å²) in [6, 6.07) is 4.33. The number of hydrogen-bond donors (Lipinski definition) is 3. The number of hydrogen-bond acceptors (Lipinski definition) is 4. The summed E-state index contributed by atoms with van der Waals surface area (Å²) in [5.74, 6) is -0.281. The van der Waals surface area contributed by atoms with Crippen molar-refractivity contribution in [1.82, 2.24) is 0 Å². The Bertz CT molecular complexity index is 568. The van der Waals surface area contributed by atoms with Crippen molar-refractivity contribution in [3.8, 4) is 0 Å². The molecule has 0 saturated heterocycles. The highest BCUT2D eigenvalue weighted by atomic mass is 32.2. The third-order valence-corrected chi connectivity index (χ3v) is 3.84. The van der Waals surface area contributed by atoms with E-state index >= 15 is 0 Å². The first-order valence-electron chi connectivity index (χ1n) is 5.92. The van der Waals surface area contributed by atoms with Crippen LogP contribution < -0.4 is 15.8 Å². The van der Waals surface area contributed by atoms with E-state index in [-0.39, 0.29) is 11.7 Å². The fourth-order valence-corrected chi connectivity index (χ4v) is 2.06. The van der Waals surface area contributed by atoms with E-state index in [1.807, 2.05) is 0 Å². The fraction of sp³-hybridized carbons (Fsp3) is 0.417. The van der Waals surface area contributed by atoms with Gasteiger partial charge < -0.3 is 11.1 Å². The standard InChI is InChI=1S/C12H19N3O3S/c1-4-19(17,18)15-11-6-5-10(7-8(11)2)14-12(16)9(3)13/h5-7,9,15H,4,13H2,1-3H3,(H,14,16)/t9-/m0/s1. The first-order chi connectivity index (χ1) is 8.75. The summed E-state index contributed by atoms with van der Waals surface area (Å²) in [7, 11) is -3.30. The third-order valence-electron chi connectivity index (χ3n) is 2.55. The number of rotatable bonds is 5. The average molecular weight is 285 g/mol. The maximum absolute atomic E-state index is 11.5. The topological polar surface area (TPSA) is 101 Å². The van der Waals surface area contributed by atoms with Gasteiger partial charge in [0.05, 0.1) is 17.5 Å². The van der Waals surface area contributed by atoms with Crippen molar-refractivity contribution in [3.63, 3.8) is 0 Å². The molecule has 1 aromatic carbocycles. The van der Waals surface area contributed by atoms with Gasteiger partial charge in [0, 0.05) is 5.69 Å². The minimum atomic E-state index is -3.30. The molecule has 0 spiro atoms. The van der Waals surface area contributed by atoms with Gasteiger partial charge in [-0.2, -0.15) is 0 Å². The zero-order valence-corrected chi connectivity index (χ0v) is 12.0. The van der Waals surface area contributed by atoms with Crippen LogP contribution >= 0.6 is 0 Å². The molecule has 1 aromatic rings. The van der Waals surface area contributed by atoms with Gasteiger partial charge in [0.2, 0.25) is 15.9 Å². The largest absolute Gasteiger partial charge is 0.325 e. The van der Waals surface area contributed by atoms with Crippen LogP contribution in [0.3, 0.4) is 0 Å².